The minimum atomic E-state index is 0.645. The maximum Gasteiger partial charge on any atom is 0.186 e. The number of nitrogens with zero attached hydrogens (tertiary/aromatic N) is 4. The zero-order valence-electron chi connectivity index (χ0n) is 14.8. The molecular weight excluding hydrogens is 390 g/mol. The van der Waals surface area contributed by atoms with Crippen LogP contribution in [0.3, 0.4) is 0 Å². The zero-order valence-corrected chi connectivity index (χ0v) is 16.4. The Morgan fingerprint density at radius 1 is 1.12 bits per heavy atom. The topological polar surface area (TPSA) is 55.1 Å². The summed E-state index contributed by atoms with van der Waals surface area (Å²) >= 11 is 3.53. The lowest BCUT2D eigenvalue weighted by atomic mass is 10.1. The maximum atomic E-state index is 4.88. The van der Waals surface area contributed by atoms with Gasteiger partial charge in [0.05, 0.1) is 5.52 Å². The van der Waals surface area contributed by atoms with Crippen LogP contribution in [0.25, 0.3) is 27.8 Å². The van der Waals surface area contributed by atoms with Gasteiger partial charge in [0.15, 0.2) is 5.65 Å². The minimum Gasteiger partial charge on any atom is -0.369 e. The van der Waals surface area contributed by atoms with Crippen molar-refractivity contribution in [2.75, 3.05) is 11.9 Å². The summed E-state index contributed by atoms with van der Waals surface area (Å²) in [6.45, 7) is 5.34. The Morgan fingerprint density at radius 2 is 1.96 bits per heavy atom. The van der Waals surface area contributed by atoms with E-state index in [1.54, 1.807) is 0 Å². The number of hydrogen-bond donors (Lipinski definition) is 1. The number of para-hydroxylation sites is 1. The van der Waals surface area contributed by atoms with Crippen LogP contribution in [0.4, 0.5) is 5.82 Å². The highest BCUT2D eigenvalue weighted by Crippen LogP contribution is 2.29. The molecule has 0 saturated heterocycles. The molecule has 0 aliphatic rings. The van der Waals surface area contributed by atoms with Crippen molar-refractivity contribution in [1.29, 1.82) is 0 Å². The lowest BCUT2D eigenvalue weighted by Crippen LogP contribution is -2.08. The molecule has 0 aliphatic carbocycles. The van der Waals surface area contributed by atoms with Crippen molar-refractivity contribution in [3.63, 3.8) is 0 Å². The predicted molar refractivity (Wildman–Crippen MR) is 109 cm³/mol. The molecule has 0 amide bonds. The average Bonchev–Trinajstić information content (AvgIpc) is 3.05. The smallest absolute Gasteiger partial charge is 0.186 e. The molecular formula is C20H20BrN5. The number of aromatic nitrogens is 4. The summed E-state index contributed by atoms with van der Waals surface area (Å²) < 4.78 is 2.83. The molecule has 2 aromatic carbocycles. The van der Waals surface area contributed by atoms with Crippen molar-refractivity contribution in [3.05, 3.63) is 53.0 Å². The first-order valence-corrected chi connectivity index (χ1v) is 9.57. The van der Waals surface area contributed by atoms with Crippen molar-refractivity contribution >= 4 is 38.3 Å². The number of halogens is 1. The Balaban J connectivity index is 1.88. The first-order chi connectivity index (χ1) is 12.6. The van der Waals surface area contributed by atoms with Gasteiger partial charge in [-0.25, -0.2) is 4.98 Å². The summed E-state index contributed by atoms with van der Waals surface area (Å²) in [5.41, 5.74) is 3.53. The van der Waals surface area contributed by atoms with Crippen LogP contribution in [-0.2, 0) is 0 Å². The second-order valence-corrected chi connectivity index (χ2v) is 7.69. The van der Waals surface area contributed by atoms with Crippen LogP contribution >= 0.6 is 15.9 Å². The van der Waals surface area contributed by atoms with Crippen molar-refractivity contribution < 1.29 is 0 Å². The fourth-order valence-corrected chi connectivity index (χ4v) is 3.40. The van der Waals surface area contributed by atoms with Crippen molar-refractivity contribution in [1.82, 2.24) is 19.8 Å². The van der Waals surface area contributed by atoms with E-state index in [9.17, 15) is 0 Å². The van der Waals surface area contributed by atoms with Gasteiger partial charge in [0.25, 0.3) is 0 Å². The van der Waals surface area contributed by atoms with Crippen LogP contribution in [0, 0.1) is 5.92 Å². The van der Waals surface area contributed by atoms with E-state index in [2.05, 4.69) is 57.5 Å². The SMILES string of the molecule is CC(C)CCNc1nc2c(-c3cccc(Br)c3)nnn2c2ccccc12. The standard InChI is InChI=1S/C20H20BrN5/c1-13(2)10-11-22-19-16-8-3-4-9-17(16)26-20(23-19)18(24-25-26)14-6-5-7-15(21)12-14/h3-9,12-13H,10-11H2,1-2H3,(H,22,23). The van der Waals surface area contributed by atoms with Crippen LogP contribution in [0.15, 0.2) is 53.0 Å². The van der Waals surface area contributed by atoms with E-state index in [4.69, 9.17) is 4.98 Å². The molecule has 5 nitrogen and oxygen atoms in total. The van der Waals surface area contributed by atoms with E-state index in [1.807, 2.05) is 40.9 Å². The summed E-state index contributed by atoms with van der Waals surface area (Å²) in [6.07, 6.45) is 1.09. The van der Waals surface area contributed by atoms with Crippen LogP contribution in [0.2, 0.25) is 0 Å². The zero-order chi connectivity index (χ0) is 18.1. The summed E-state index contributed by atoms with van der Waals surface area (Å²) in [5, 5.41) is 13.3. The van der Waals surface area contributed by atoms with E-state index >= 15 is 0 Å². The van der Waals surface area contributed by atoms with Gasteiger partial charge in [-0.2, -0.15) is 4.52 Å². The van der Waals surface area contributed by atoms with Gasteiger partial charge in [-0.15, -0.1) is 5.10 Å². The number of rotatable bonds is 5. The second kappa shape index (κ2) is 7.03. The highest BCUT2D eigenvalue weighted by atomic mass is 79.9. The van der Waals surface area contributed by atoms with Crippen molar-refractivity contribution in [3.8, 4) is 11.3 Å². The van der Waals surface area contributed by atoms with Crippen LogP contribution in [0.5, 0.6) is 0 Å². The van der Waals surface area contributed by atoms with Crippen LogP contribution < -0.4 is 5.32 Å². The van der Waals surface area contributed by atoms with Gasteiger partial charge in [0, 0.05) is 22.0 Å². The molecule has 2 heterocycles. The Kier molecular flexibility index (Phi) is 4.59. The Morgan fingerprint density at radius 3 is 2.77 bits per heavy atom. The normalized spacial score (nSPS) is 11.5. The van der Waals surface area contributed by atoms with Crippen LogP contribution in [-0.4, -0.2) is 26.4 Å². The van der Waals surface area contributed by atoms with E-state index in [1.165, 1.54) is 0 Å². The molecule has 0 aliphatic heterocycles. The van der Waals surface area contributed by atoms with Crippen molar-refractivity contribution in [2.45, 2.75) is 20.3 Å². The molecule has 0 bridgehead atoms. The number of fused-ring (bicyclic) bond motifs is 3. The van der Waals surface area contributed by atoms with E-state index in [-0.39, 0.29) is 0 Å². The van der Waals surface area contributed by atoms with Gasteiger partial charge in [-0.3, -0.25) is 0 Å². The molecule has 132 valence electrons. The van der Waals surface area contributed by atoms with Gasteiger partial charge in [-0.05, 0) is 36.6 Å². The summed E-state index contributed by atoms with van der Waals surface area (Å²) in [6, 6.07) is 16.2. The lowest BCUT2D eigenvalue weighted by molar-refractivity contribution is 0.607. The monoisotopic (exact) mass is 409 g/mol. The third kappa shape index (κ3) is 3.17. The third-order valence-corrected chi connectivity index (χ3v) is 4.86. The molecule has 0 atom stereocenters. The molecule has 0 saturated carbocycles. The fraction of sp³-hybridized carbons (Fsp3) is 0.250. The van der Waals surface area contributed by atoms with Gasteiger partial charge in [0.2, 0.25) is 0 Å². The summed E-state index contributed by atoms with van der Waals surface area (Å²) in [5.74, 6) is 1.53. The summed E-state index contributed by atoms with van der Waals surface area (Å²) in [4.78, 5) is 4.88. The van der Waals surface area contributed by atoms with Crippen LogP contribution in [0.1, 0.15) is 20.3 Å². The Labute approximate surface area is 160 Å². The number of nitrogens with one attached hydrogen (secondary N) is 1. The number of anilines is 1. The first kappa shape index (κ1) is 17.0. The average molecular weight is 410 g/mol. The minimum absolute atomic E-state index is 0.645. The quantitative estimate of drug-likeness (QED) is 0.494. The van der Waals surface area contributed by atoms with Gasteiger partial charge in [0.1, 0.15) is 11.5 Å². The Bertz CT molecular complexity index is 1070. The molecule has 4 rings (SSSR count). The van der Waals surface area contributed by atoms with E-state index in [0.29, 0.717) is 5.92 Å². The highest BCUT2D eigenvalue weighted by molar-refractivity contribution is 9.10. The van der Waals surface area contributed by atoms with Gasteiger partial charge >= 0.3 is 0 Å². The summed E-state index contributed by atoms with van der Waals surface area (Å²) in [7, 11) is 0. The third-order valence-electron chi connectivity index (χ3n) is 4.36. The van der Waals surface area contributed by atoms with Gasteiger partial charge in [-0.1, -0.05) is 59.3 Å². The molecule has 0 unspecified atom stereocenters. The maximum absolute atomic E-state index is 4.88. The molecule has 26 heavy (non-hydrogen) atoms. The lowest BCUT2D eigenvalue weighted by Gasteiger charge is -2.11. The molecule has 0 radical (unpaired) electrons. The van der Waals surface area contributed by atoms with Crippen molar-refractivity contribution in [2.24, 2.45) is 5.92 Å². The van der Waals surface area contributed by atoms with Gasteiger partial charge < -0.3 is 5.32 Å². The largest absolute Gasteiger partial charge is 0.369 e. The predicted octanol–water partition coefficient (Wildman–Crippen LogP) is 5.17. The fourth-order valence-electron chi connectivity index (χ4n) is 3.00. The molecule has 4 aromatic rings. The Hall–Kier alpha value is -2.47. The molecule has 0 fully saturated rings. The highest BCUT2D eigenvalue weighted by Gasteiger charge is 2.15. The first-order valence-electron chi connectivity index (χ1n) is 8.77. The second-order valence-electron chi connectivity index (χ2n) is 6.77. The molecule has 2 aromatic heterocycles. The number of hydrogen-bond acceptors (Lipinski definition) is 4. The van der Waals surface area contributed by atoms with E-state index < -0.39 is 0 Å². The molecule has 6 heteroatoms. The molecule has 1 N–H and O–H groups in total. The molecule has 0 spiro atoms. The van der Waals surface area contributed by atoms with E-state index in [0.717, 1.165) is 51.1 Å². The number of benzene rings is 2.